The van der Waals surface area contributed by atoms with Crippen LogP contribution < -0.4 is 4.74 Å². The number of carbonyl (C=O) groups is 2. The number of benzene rings is 2. The Morgan fingerprint density at radius 3 is 2.56 bits per heavy atom. The Morgan fingerprint density at radius 2 is 1.88 bits per heavy atom. The quantitative estimate of drug-likeness (QED) is 0.756. The third-order valence-corrected chi connectivity index (χ3v) is 3.76. The van der Waals surface area contributed by atoms with Crippen molar-refractivity contribution in [2.75, 3.05) is 20.8 Å². The number of esters is 1. The Morgan fingerprint density at radius 1 is 1.16 bits per heavy atom. The Bertz CT molecular complexity index is 776. The third kappa shape index (κ3) is 4.79. The molecule has 0 bridgehead atoms. The highest BCUT2D eigenvalue weighted by molar-refractivity contribution is 5.91. The predicted octanol–water partition coefficient (Wildman–Crippen LogP) is 2.96. The van der Waals surface area contributed by atoms with Crippen LogP contribution >= 0.6 is 0 Å². The van der Waals surface area contributed by atoms with Crippen LogP contribution in [0.15, 0.2) is 42.5 Å². The molecule has 0 aliphatic rings. The molecule has 0 unspecified atom stereocenters. The van der Waals surface area contributed by atoms with Crippen LogP contribution in [0.5, 0.6) is 5.75 Å². The summed E-state index contributed by atoms with van der Waals surface area (Å²) in [6.45, 7) is 1.50. The summed E-state index contributed by atoms with van der Waals surface area (Å²) in [7, 11) is 3.16. The van der Waals surface area contributed by atoms with Crippen molar-refractivity contribution in [3.05, 3.63) is 65.0 Å². The van der Waals surface area contributed by atoms with Crippen LogP contribution in [0, 0.1) is 12.7 Å². The summed E-state index contributed by atoms with van der Waals surface area (Å²) in [5.41, 5.74) is 1.35. The lowest BCUT2D eigenvalue weighted by atomic mass is 10.1. The van der Waals surface area contributed by atoms with E-state index >= 15 is 0 Å². The number of rotatable bonds is 6. The number of halogens is 1. The minimum absolute atomic E-state index is 0.0725. The maximum absolute atomic E-state index is 13.5. The number of amides is 1. The zero-order valence-corrected chi connectivity index (χ0v) is 14.4. The molecule has 2 rings (SSSR count). The van der Waals surface area contributed by atoms with Crippen molar-refractivity contribution in [2.24, 2.45) is 0 Å². The fraction of sp³-hybridized carbons (Fsp3) is 0.263. The van der Waals surface area contributed by atoms with Crippen molar-refractivity contribution in [3.8, 4) is 5.75 Å². The second-order valence-corrected chi connectivity index (χ2v) is 5.60. The summed E-state index contributed by atoms with van der Waals surface area (Å²) in [4.78, 5) is 25.5. The molecule has 0 saturated carbocycles. The highest BCUT2D eigenvalue weighted by Crippen LogP contribution is 2.18. The van der Waals surface area contributed by atoms with Crippen molar-refractivity contribution in [2.45, 2.75) is 13.5 Å². The largest absolute Gasteiger partial charge is 0.496 e. The van der Waals surface area contributed by atoms with Gasteiger partial charge in [-0.15, -0.1) is 0 Å². The van der Waals surface area contributed by atoms with Crippen molar-refractivity contribution in [3.63, 3.8) is 0 Å². The molecule has 0 aliphatic heterocycles. The SMILES string of the molecule is COc1ccccc1CN(C)C(=O)COC(=O)c1ccc(C)c(F)c1. The molecule has 1 amide bonds. The third-order valence-electron chi connectivity index (χ3n) is 3.76. The molecule has 0 radical (unpaired) electrons. The first-order valence-corrected chi connectivity index (χ1v) is 7.71. The van der Waals surface area contributed by atoms with Gasteiger partial charge in [-0.1, -0.05) is 24.3 Å². The standard InChI is InChI=1S/C19H20FNO4/c1-13-8-9-14(10-16(13)20)19(23)25-12-18(22)21(2)11-15-6-4-5-7-17(15)24-3/h4-10H,11-12H2,1-3H3. The van der Waals surface area contributed by atoms with Gasteiger partial charge in [0.05, 0.1) is 12.7 Å². The maximum Gasteiger partial charge on any atom is 0.338 e. The van der Waals surface area contributed by atoms with E-state index in [1.165, 1.54) is 17.0 Å². The van der Waals surface area contributed by atoms with Gasteiger partial charge < -0.3 is 14.4 Å². The molecule has 0 spiro atoms. The van der Waals surface area contributed by atoms with E-state index in [1.54, 1.807) is 27.1 Å². The first kappa shape index (κ1) is 18.4. The van der Waals surface area contributed by atoms with E-state index in [1.807, 2.05) is 18.2 Å². The van der Waals surface area contributed by atoms with Gasteiger partial charge >= 0.3 is 5.97 Å². The molecule has 0 heterocycles. The molecular weight excluding hydrogens is 325 g/mol. The van der Waals surface area contributed by atoms with E-state index in [2.05, 4.69) is 0 Å². The Kier molecular flexibility index (Phi) is 6.11. The van der Waals surface area contributed by atoms with Crippen LogP contribution in [0.3, 0.4) is 0 Å². The van der Waals surface area contributed by atoms with Gasteiger partial charge in [0.25, 0.3) is 5.91 Å². The monoisotopic (exact) mass is 345 g/mol. The maximum atomic E-state index is 13.5. The van der Waals surface area contributed by atoms with E-state index in [-0.39, 0.29) is 11.5 Å². The van der Waals surface area contributed by atoms with Gasteiger partial charge in [0.15, 0.2) is 6.61 Å². The first-order chi connectivity index (χ1) is 11.9. The number of nitrogens with zero attached hydrogens (tertiary/aromatic N) is 1. The fourth-order valence-electron chi connectivity index (χ4n) is 2.22. The number of hydrogen-bond donors (Lipinski definition) is 0. The second-order valence-electron chi connectivity index (χ2n) is 5.60. The van der Waals surface area contributed by atoms with Crippen LogP contribution in [0.1, 0.15) is 21.5 Å². The Balaban J connectivity index is 1.92. The lowest BCUT2D eigenvalue weighted by Gasteiger charge is -2.18. The molecule has 2 aromatic carbocycles. The molecule has 0 atom stereocenters. The van der Waals surface area contributed by atoms with E-state index in [0.29, 0.717) is 17.9 Å². The number of aryl methyl sites for hydroxylation is 1. The van der Waals surface area contributed by atoms with Crippen molar-refractivity contribution >= 4 is 11.9 Å². The van der Waals surface area contributed by atoms with E-state index in [4.69, 9.17) is 9.47 Å². The summed E-state index contributed by atoms with van der Waals surface area (Å²) < 4.78 is 23.7. The van der Waals surface area contributed by atoms with E-state index in [0.717, 1.165) is 11.6 Å². The number of likely N-dealkylation sites (N-methyl/N-ethyl adjacent to an activating group) is 1. The molecule has 0 aromatic heterocycles. The van der Waals surface area contributed by atoms with Gasteiger partial charge in [-0.2, -0.15) is 0 Å². The average molecular weight is 345 g/mol. The summed E-state index contributed by atoms with van der Waals surface area (Å²) in [6, 6.07) is 11.4. The number of para-hydroxylation sites is 1. The normalized spacial score (nSPS) is 10.2. The van der Waals surface area contributed by atoms with Gasteiger partial charge in [-0.05, 0) is 30.7 Å². The lowest BCUT2D eigenvalue weighted by Crippen LogP contribution is -2.31. The molecule has 0 aliphatic carbocycles. The van der Waals surface area contributed by atoms with Crippen LogP contribution in [0.2, 0.25) is 0 Å². The van der Waals surface area contributed by atoms with Gasteiger partial charge in [-0.3, -0.25) is 4.79 Å². The molecular formula is C19H20FNO4. The zero-order valence-electron chi connectivity index (χ0n) is 14.4. The molecule has 25 heavy (non-hydrogen) atoms. The first-order valence-electron chi connectivity index (χ1n) is 7.71. The molecule has 132 valence electrons. The predicted molar refractivity (Wildman–Crippen MR) is 90.9 cm³/mol. The lowest BCUT2D eigenvalue weighted by molar-refractivity contribution is -0.133. The number of ether oxygens (including phenoxy) is 2. The average Bonchev–Trinajstić information content (AvgIpc) is 2.62. The Labute approximate surface area is 146 Å². The minimum atomic E-state index is -0.738. The fourth-order valence-corrected chi connectivity index (χ4v) is 2.22. The topological polar surface area (TPSA) is 55.8 Å². The van der Waals surface area contributed by atoms with Gasteiger partial charge in [-0.25, -0.2) is 9.18 Å². The van der Waals surface area contributed by atoms with Crippen molar-refractivity contribution < 1.29 is 23.5 Å². The summed E-state index contributed by atoms with van der Waals surface area (Å²) in [6.07, 6.45) is 0. The van der Waals surface area contributed by atoms with Crippen LogP contribution in [0.25, 0.3) is 0 Å². The highest BCUT2D eigenvalue weighted by Gasteiger charge is 2.16. The van der Waals surface area contributed by atoms with Crippen molar-refractivity contribution in [1.82, 2.24) is 4.90 Å². The molecule has 2 aromatic rings. The summed E-state index contributed by atoms with van der Waals surface area (Å²) >= 11 is 0. The number of hydrogen-bond acceptors (Lipinski definition) is 4. The van der Waals surface area contributed by atoms with Crippen LogP contribution in [-0.4, -0.2) is 37.5 Å². The van der Waals surface area contributed by atoms with E-state index in [9.17, 15) is 14.0 Å². The highest BCUT2D eigenvalue weighted by atomic mass is 19.1. The number of methoxy groups -OCH3 is 1. The van der Waals surface area contributed by atoms with Crippen molar-refractivity contribution in [1.29, 1.82) is 0 Å². The summed E-state index contributed by atoms with van der Waals surface area (Å²) in [5.74, 6) is -0.923. The minimum Gasteiger partial charge on any atom is -0.496 e. The van der Waals surface area contributed by atoms with Gasteiger partial charge in [0, 0.05) is 19.2 Å². The molecule has 0 saturated heterocycles. The molecule has 6 heteroatoms. The van der Waals surface area contributed by atoms with Gasteiger partial charge in [0.1, 0.15) is 11.6 Å². The zero-order chi connectivity index (χ0) is 18.4. The number of carbonyl (C=O) groups excluding carboxylic acids is 2. The molecule has 5 nitrogen and oxygen atoms in total. The van der Waals surface area contributed by atoms with Crippen LogP contribution in [-0.2, 0) is 16.1 Å². The Hall–Kier alpha value is -2.89. The van der Waals surface area contributed by atoms with Crippen LogP contribution in [0.4, 0.5) is 4.39 Å². The smallest absolute Gasteiger partial charge is 0.338 e. The molecule has 0 N–H and O–H groups in total. The summed E-state index contributed by atoms with van der Waals surface area (Å²) in [5, 5.41) is 0. The molecule has 0 fully saturated rings. The van der Waals surface area contributed by atoms with E-state index < -0.39 is 18.4 Å². The second kappa shape index (κ2) is 8.28. The van der Waals surface area contributed by atoms with Gasteiger partial charge in [0.2, 0.25) is 0 Å².